The second-order valence-electron chi connectivity index (χ2n) is 8.32. The minimum atomic E-state index is -0.0922. The molecule has 0 spiro atoms. The molecule has 0 aromatic heterocycles. The quantitative estimate of drug-likeness (QED) is 0.792. The highest BCUT2D eigenvalue weighted by Gasteiger charge is 2.44. The van der Waals surface area contributed by atoms with E-state index in [1.54, 1.807) is 0 Å². The highest BCUT2D eigenvalue weighted by atomic mass is 16.2. The van der Waals surface area contributed by atoms with Crippen molar-refractivity contribution < 1.29 is 9.59 Å². The van der Waals surface area contributed by atoms with Gasteiger partial charge in [0.2, 0.25) is 11.8 Å². The van der Waals surface area contributed by atoms with Crippen molar-refractivity contribution in [3.05, 3.63) is 0 Å². The van der Waals surface area contributed by atoms with Gasteiger partial charge in [-0.15, -0.1) is 0 Å². The molecule has 0 radical (unpaired) electrons. The van der Waals surface area contributed by atoms with Gasteiger partial charge in [-0.2, -0.15) is 0 Å². The molecule has 3 saturated heterocycles. The fourth-order valence-electron chi connectivity index (χ4n) is 5.59. The maximum Gasteiger partial charge on any atom is 0.228 e. The molecule has 2 amide bonds. The summed E-state index contributed by atoms with van der Waals surface area (Å²) in [5.74, 6) is 0.381. The molecular formula is C19H31N3O2. The van der Waals surface area contributed by atoms with Gasteiger partial charge in [0.05, 0.1) is 5.92 Å². The SMILES string of the molecule is CN1CCC[C@@H]1[C@H]1CCCN1C(=O)[C@H]1CC(=O)N(C2CCCC2)C1. The number of likely N-dealkylation sites (N-methyl/N-ethyl adjacent to an activating group) is 1. The summed E-state index contributed by atoms with van der Waals surface area (Å²) in [7, 11) is 2.19. The van der Waals surface area contributed by atoms with Gasteiger partial charge >= 0.3 is 0 Å². The van der Waals surface area contributed by atoms with Gasteiger partial charge < -0.3 is 14.7 Å². The van der Waals surface area contributed by atoms with E-state index in [1.807, 2.05) is 4.90 Å². The topological polar surface area (TPSA) is 43.9 Å². The molecule has 24 heavy (non-hydrogen) atoms. The average Bonchev–Trinajstić information content (AvgIpc) is 3.33. The Kier molecular flexibility index (Phi) is 4.54. The van der Waals surface area contributed by atoms with Crippen molar-refractivity contribution in [2.45, 2.75) is 75.9 Å². The lowest BCUT2D eigenvalue weighted by Crippen LogP contribution is -2.49. The van der Waals surface area contributed by atoms with Crippen molar-refractivity contribution in [2.75, 3.05) is 26.7 Å². The number of rotatable bonds is 3. The van der Waals surface area contributed by atoms with E-state index in [-0.39, 0.29) is 17.7 Å². The number of carbonyl (C=O) groups is 2. The third kappa shape index (κ3) is 2.85. The van der Waals surface area contributed by atoms with E-state index in [2.05, 4.69) is 16.8 Å². The van der Waals surface area contributed by atoms with E-state index in [1.165, 1.54) is 25.7 Å². The normalized spacial score (nSPS) is 35.5. The Morgan fingerprint density at radius 1 is 0.958 bits per heavy atom. The molecule has 134 valence electrons. The highest BCUT2D eigenvalue weighted by Crippen LogP contribution is 2.34. The number of hydrogen-bond acceptors (Lipinski definition) is 3. The van der Waals surface area contributed by atoms with Crippen LogP contribution in [0.5, 0.6) is 0 Å². The molecule has 0 aromatic carbocycles. The molecule has 5 nitrogen and oxygen atoms in total. The predicted octanol–water partition coefficient (Wildman–Crippen LogP) is 1.86. The van der Waals surface area contributed by atoms with Crippen molar-refractivity contribution in [1.82, 2.24) is 14.7 Å². The zero-order chi connectivity index (χ0) is 16.7. The molecular weight excluding hydrogens is 302 g/mol. The fourth-order valence-corrected chi connectivity index (χ4v) is 5.59. The Hall–Kier alpha value is -1.10. The predicted molar refractivity (Wildman–Crippen MR) is 92.5 cm³/mol. The maximum atomic E-state index is 13.2. The number of carbonyl (C=O) groups excluding carboxylic acids is 2. The van der Waals surface area contributed by atoms with E-state index in [0.717, 1.165) is 38.8 Å². The van der Waals surface area contributed by atoms with Gasteiger partial charge in [-0.3, -0.25) is 9.59 Å². The van der Waals surface area contributed by atoms with Gasteiger partial charge in [-0.25, -0.2) is 0 Å². The summed E-state index contributed by atoms with van der Waals surface area (Å²) in [6.45, 7) is 2.72. The van der Waals surface area contributed by atoms with Gasteiger partial charge in [0.1, 0.15) is 0 Å². The van der Waals surface area contributed by atoms with E-state index < -0.39 is 0 Å². The van der Waals surface area contributed by atoms with Crippen molar-refractivity contribution >= 4 is 11.8 Å². The molecule has 4 fully saturated rings. The summed E-state index contributed by atoms with van der Waals surface area (Å²) in [6, 6.07) is 1.31. The number of hydrogen-bond donors (Lipinski definition) is 0. The number of amides is 2. The van der Waals surface area contributed by atoms with Gasteiger partial charge in [0, 0.05) is 37.6 Å². The smallest absolute Gasteiger partial charge is 0.228 e. The van der Waals surface area contributed by atoms with Gasteiger partial charge in [0.25, 0.3) is 0 Å². The van der Waals surface area contributed by atoms with Crippen LogP contribution in [0.2, 0.25) is 0 Å². The molecule has 1 saturated carbocycles. The van der Waals surface area contributed by atoms with E-state index >= 15 is 0 Å². The standard InChI is InChI=1S/C19H31N3O2/c1-20-10-4-8-16(20)17-9-5-11-21(17)19(24)14-12-18(23)22(13-14)15-6-2-3-7-15/h14-17H,2-13H2,1H3/t14-,16+,17+/m0/s1. The molecule has 0 N–H and O–H groups in total. The lowest BCUT2D eigenvalue weighted by Gasteiger charge is -2.34. The first-order chi connectivity index (χ1) is 11.6. The first-order valence-electron chi connectivity index (χ1n) is 9.95. The van der Waals surface area contributed by atoms with Gasteiger partial charge in [0.15, 0.2) is 0 Å². The molecule has 0 aromatic rings. The summed E-state index contributed by atoms with van der Waals surface area (Å²) >= 11 is 0. The van der Waals surface area contributed by atoms with Crippen LogP contribution in [0.4, 0.5) is 0 Å². The van der Waals surface area contributed by atoms with E-state index in [4.69, 9.17) is 0 Å². The number of nitrogens with zero attached hydrogens (tertiary/aromatic N) is 3. The van der Waals surface area contributed by atoms with Crippen LogP contribution in [0, 0.1) is 5.92 Å². The van der Waals surface area contributed by atoms with Gasteiger partial charge in [-0.05, 0) is 52.1 Å². The molecule has 0 bridgehead atoms. The first kappa shape index (κ1) is 16.4. The molecule has 0 unspecified atom stereocenters. The summed E-state index contributed by atoms with van der Waals surface area (Å²) in [4.78, 5) is 32.2. The van der Waals surface area contributed by atoms with Crippen LogP contribution in [-0.4, -0.2) is 71.3 Å². The summed E-state index contributed by atoms with van der Waals surface area (Å²) in [5.41, 5.74) is 0. The second-order valence-corrected chi connectivity index (χ2v) is 8.32. The first-order valence-corrected chi connectivity index (χ1v) is 9.95. The molecule has 4 rings (SSSR count). The number of likely N-dealkylation sites (tertiary alicyclic amines) is 3. The maximum absolute atomic E-state index is 13.2. The largest absolute Gasteiger partial charge is 0.339 e. The van der Waals surface area contributed by atoms with Crippen LogP contribution in [0.15, 0.2) is 0 Å². The molecule has 3 aliphatic heterocycles. The van der Waals surface area contributed by atoms with Crippen LogP contribution >= 0.6 is 0 Å². The molecule has 5 heteroatoms. The zero-order valence-electron chi connectivity index (χ0n) is 15.0. The fraction of sp³-hybridized carbons (Fsp3) is 0.895. The van der Waals surface area contributed by atoms with Crippen molar-refractivity contribution in [3.63, 3.8) is 0 Å². The summed E-state index contributed by atoms with van der Waals surface area (Å²) in [5, 5.41) is 0. The van der Waals surface area contributed by atoms with Crippen LogP contribution in [-0.2, 0) is 9.59 Å². The monoisotopic (exact) mass is 333 g/mol. The Morgan fingerprint density at radius 3 is 2.38 bits per heavy atom. The Morgan fingerprint density at radius 2 is 1.67 bits per heavy atom. The van der Waals surface area contributed by atoms with Crippen LogP contribution in [0.25, 0.3) is 0 Å². The molecule has 3 heterocycles. The third-order valence-electron chi connectivity index (χ3n) is 6.88. The molecule has 4 aliphatic rings. The van der Waals surface area contributed by atoms with Gasteiger partial charge in [-0.1, -0.05) is 12.8 Å². The summed E-state index contributed by atoms with van der Waals surface area (Å²) in [6.07, 6.45) is 9.88. The third-order valence-corrected chi connectivity index (χ3v) is 6.88. The Labute approximate surface area is 145 Å². The lowest BCUT2D eigenvalue weighted by molar-refractivity contribution is -0.137. The van der Waals surface area contributed by atoms with E-state index in [0.29, 0.717) is 31.1 Å². The minimum Gasteiger partial charge on any atom is -0.339 e. The van der Waals surface area contributed by atoms with Crippen LogP contribution < -0.4 is 0 Å². The second kappa shape index (κ2) is 6.66. The van der Waals surface area contributed by atoms with Crippen LogP contribution in [0.1, 0.15) is 57.8 Å². The zero-order valence-corrected chi connectivity index (χ0v) is 15.0. The Balaban J connectivity index is 1.42. The molecule has 1 aliphatic carbocycles. The lowest BCUT2D eigenvalue weighted by atomic mass is 10.0. The van der Waals surface area contributed by atoms with Crippen LogP contribution in [0.3, 0.4) is 0 Å². The van der Waals surface area contributed by atoms with Crippen molar-refractivity contribution in [1.29, 1.82) is 0 Å². The minimum absolute atomic E-state index is 0.0922. The average molecular weight is 333 g/mol. The van der Waals surface area contributed by atoms with E-state index in [9.17, 15) is 9.59 Å². The Bertz CT molecular complexity index is 503. The summed E-state index contributed by atoms with van der Waals surface area (Å²) < 4.78 is 0. The van der Waals surface area contributed by atoms with Crippen molar-refractivity contribution in [2.24, 2.45) is 5.92 Å². The highest BCUT2D eigenvalue weighted by molar-refractivity contribution is 5.89. The molecule has 3 atom stereocenters. The van der Waals surface area contributed by atoms with Crippen molar-refractivity contribution in [3.8, 4) is 0 Å².